The summed E-state index contributed by atoms with van der Waals surface area (Å²) < 4.78 is 5.13. The lowest BCUT2D eigenvalue weighted by atomic mass is 9.83. The van der Waals surface area contributed by atoms with Gasteiger partial charge in [-0.3, -0.25) is 5.32 Å². The summed E-state index contributed by atoms with van der Waals surface area (Å²) in [5.41, 5.74) is 0.883. The van der Waals surface area contributed by atoms with Crippen LogP contribution in [-0.2, 0) is 6.54 Å². The quantitative estimate of drug-likeness (QED) is 0.885. The van der Waals surface area contributed by atoms with Crippen molar-refractivity contribution >= 4 is 0 Å². The molecule has 0 spiro atoms. The van der Waals surface area contributed by atoms with E-state index in [1.165, 1.54) is 12.0 Å². The molecule has 0 bridgehead atoms. The zero-order valence-electron chi connectivity index (χ0n) is 10.9. The Morgan fingerprint density at radius 2 is 1.89 bits per heavy atom. The Kier molecular flexibility index (Phi) is 4.22. The summed E-state index contributed by atoms with van der Waals surface area (Å²) in [6.07, 6.45) is 5.51. The molecule has 0 saturated heterocycles. The van der Waals surface area contributed by atoms with Gasteiger partial charge in [0.15, 0.2) is 0 Å². The fraction of sp³-hybridized carbons (Fsp3) is 0.533. The summed E-state index contributed by atoms with van der Waals surface area (Å²) in [6.45, 7) is 0.748. The van der Waals surface area contributed by atoms with E-state index in [9.17, 15) is 5.26 Å². The molecule has 0 heterocycles. The number of nitrogens with one attached hydrogen (secondary N) is 1. The first-order chi connectivity index (χ1) is 8.78. The first-order valence-corrected chi connectivity index (χ1v) is 6.57. The molecule has 0 aromatic heterocycles. The highest BCUT2D eigenvalue weighted by atomic mass is 16.5. The third-order valence-electron chi connectivity index (χ3n) is 3.71. The van der Waals surface area contributed by atoms with E-state index in [-0.39, 0.29) is 5.54 Å². The molecule has 0 atom stereocenters. The van der Waals surface area contributed by atoms with Crippen LogP contribution in [0.15, 0.2) is 24.3 Å². The van der Waals surface area contributed by atoms with Crippen molar-refractivity contribution in [3.05, 3.63) is 29.8 Å². The standard InChI is InChI=1S/C15H20N2O/c1-18-14-7-5-13(6-8-14)11-17-15(12-16)9-3-2-4-10-15/h5-8,17H,2-4,9-11H2,1H3. The molecule has 18 heavy (non-hydrogen) atoms. The van der Waals surface area contributed by atoms with Crippen LogP contribution in [-0.4, -0.2) is 12.6 Å². The molecule has 0 amide bonds. The summed E-state index contributed by atoms with van der Waals surface area (Å²) in [5.74, 6) is 0.867. The van der Waals surface area contributed by atoms with Crippen molar-refractivity contribution in [2.24, 2.45) is 0 Å². The normalized spacial score (nSPS) is 18.0. The Morgan fingerprint density at radius 3 is 2.44 bits per heavy atom. The van der Waals surface area contributed by atoms with Gasteiger partial charge in [-0.05, 0) is 30.5 Å². The van der Waals surface area contributed by atoms with Crippen molar-refractivity contribution in [1.82, 2.24) is 5.32 Å². The Balaban J connectivity index is 1.95. The number of nitriles is 1. The van der Waals surface area contributed by atoms with Gasteiger partial charge in [0, 0.05) is 6.54 Å². The highest BCUT2D eigenvalue weighted by molar-refractivity contribution is 5.27. The topological polar surface area (TPSA) is 45.0 Å². The van der Waals surface area contributed by atoms with Crippen LogP contribution in [0.3, 0.4) is 0 Å². The van der Waals surface area contributed by atoms with Gasteiger partial charge in [-0.2, -0.15) is 5.26 Å². The van der Waals surface area contributed by atoms with Crippen molar-refractivity contribution in [3.63, 3.8) is 0 Å². The van der Waals surface area contributed by atoms with Gasteiger partial charge in [0.1, 0.15) is 11.3 Å². The van der Waals surface area contributed by atoms with Gasteiger partial charge >= 0.3 is 0 Å². The summed E-state index contributed by atoms with van der Waals surface area (Å²) in [4.78, 5) is 0. The van der Waals surface area contributed by atoms with Crippen LogP contribution >= 0.6 is 0 Å². The average Bonchev–Trinajstić information content (AvgIpc) is 2.47. The number of ether oxygens (including phenoxy) is 1. The first-order valence-electron chi connectivity index (χ1n) is 6.57. The van der Waals surface area contributed by atoms with E-state index < -0.39 is 0 Å². The second kappa shape index (κ2) is 5.88. The maximum Gasteiger partial charge on any atom is 0.118 e. The maximum absolute atomic E-state index is 9.37. The maximum atomic E-state index is 9.37. The summed E-state index contributed by atoms with van der Waals surface area (Å²) in [5, 5.41) is 12.8. The van der Waals surface area contributed by atoms with Gasteiger partial charge in [-0.1, -0.05) is 31.4 Å². The summed E-state index contributed by atoms with van der Waals surface area (Å²) >= 11 is 0. The van der Waals surface area contributed by atoms with Crippen molar-refractivity contribution in [3.8, 4) is 11.8 Å². The smallest absolute Gasteiger partial charge is 0.118 e. The monoisotopic (exact) mass is 244 g/mol. The highest BCUT2D eigenvalue weighted by Gasteiger charge is 2.31. The molecule has 1 aromatic rings. The highest BCUT2D eigenvalue weighted by Crippen LogP contribution is 2.27. The number of hydrogen-bond acceptors (Lipinski definition) is 3. The van der Waals surface area contributed by atoms with Gasteiger partial charge in [0.25, 0.3) is 0 Å². The van der Waals surface area contributed by atoms with Crippen molar-refractivity contribution in [1.29, 1.82) is 5.26 Å². The van der Waals surface area contributed by atoms with Crippen LogP contribution in [0.4, 0.5) is 0 Å². The van der Waals surface area contributed by atoms with Crippen LogP contribution in [0.5, 0.6) is 5.75 Å². The zero-order chi connectivity index (χ0) is 12.8. The minimum absolute atomic E-state index is 0.307. The number of methoxy groups -OCH3 is 1. The molecule has 0 aliphatic heterocycles. The number of benzene rings is 1. The third kappa shape index (κ3) is 3.02. The minimum Gasteiger partial charge on any atom is -0.497 e. The summed E-state index contributed by atoms with van der Waals surface area (Å²) in [7, 11) is 1.67. The van der Waals surface area contributed by atoms with Crippen LogP contribution in [0.25, 0.3) is 0 Å². The Bertz CT molecular complexity index is 413. The largest absolute Gasteiger partial charge is 0.497 e. The molecule has 1 aromatic carbocycles. The number of nitrogens with zero attached hydrogens (tertiary/aromatic N) is 1. The molecule has 96 valence electrons. The van der Waals surface area contributed by atoms with E-state index in [1.54, 1.807) is 7.11 Å². The van der Waals surface area contributed by atoms with Crippen LogP contribution in [0.1, 0.15) is 37.7 Å². The molecule has 0 unspecified atom stereocenters. The fourth-order valence-electron chi connectivity index (χ4n) is 2.50. The third-order valence-corrected chi connectivity index (χ3v) is 3.71. The van der Waals surface area contributed by atoms with E-state index in [0.717, 1.165) is 38.0 Å². The van der Waals surface area contributed by atoms with E-state index in [1.807, 2.05) is 24.3 Å². The van der Waals surface area contributed by atoms with Gasteiger partial charge in [0.05, 0.1) is 13.2 Å². The predicted octanol–water partition coefficient (Wildman–Crippen LogP) is 3.01. The Hall–Kier alpha value is -1.53. The molecule has 3 heteroatoms. The van der Waals surface area contributed by atoms with Gasteiger partial charge in [-0.25, -0.2) is 0 Å². The van der Waals surface area contributed by atoms with E-state index in [2.05, 4.69) is 11.4 Å². The Morgan fingerprint density at radius 1 is 1.22 bits per heavy atom. The van der Waals surface area contributed by atoms with Gasteiger partial charge in [0.2, 0.25) is 0 Å². The lowest BCUT2D eigenvalue weighted by Gasteiger charge is -2.31. The van der Waals surface area contributed by atoms with Gasteiger partial charge < -0.3 is 4.74 Å². The molecule has 1 fully saturated rings. The molecule has 1 aliphatic rings. The molecular formula is C15H20N2O. The van der Waals surface area contributed by atoms with Crippen molar-refractivity contribution < 1.29 is 4.74 Å². The molecule has 1 aliphatic carbocycles. The summed E-state index contributed by atoms with van der Waals surface area (Å²) in [6, 6.07) is 10.5. The molecule has 1 N–H and O–H groups in total. The van der Waals surface area contributed by atoms with Crippen molar-refractivity contribution in [2.75, 3.05) is 7.11 Å². The van der Waals surface area contributed by atoms with Crippen LogP contribution in [0, 0.1) is 11.3 Å². The molecule has 0 radical (unpaired) electrons. The fourth-order valence-corrected chi connectivity index (χ4v) is 2.50. The van der Waals surface area contributed by atoms with Crippen LogP contribution in [0.2, 0.25) is 0 Å². The molecule has 2 rings (SSSR count). The molecule has 3 nitrogen and oxygen atoms in total. The van der Waals surface area contributed by atoms with E-state index >= 15 is 0 Å². The van der Waals surface area contributed by atoms with E-state index in [0.29, 0.717) is 0 Å². The van der Waals surface area contributed by atoms with Crippen molar-refractivity contribution in [2.45, 2.75) is 44.2 Å². The molecular weight excluding hydrogens is 224 g/mol. The predicted molar refractivity (Wildman–Crippen MR) is 71.3 cm³/mol. The van der Waals surface area contributed by atoms with E-state index in [4.69, 9.17) is 4.74 Å². The lowest BCUT2D eigenvalue weighted by molar-refractivity contribution is 0.296. The Labute approximate surface area is 109 Å². The molecule has 1 saturated carbocycles. The van der Waals surface area contributed by atoms with Crippen LogP contribution < -0.4 is 10.1 Å². The SMILES string of the molecule is COc1ccc(CNC2(C#N)CCCCC2)cc1. The number of rotatable bonds is 4. The lowest BCUT2D eigenvalue weighted by Crippen LogP contribution is -2.44. The minimum atomic E-state index is -0.307. The second-order valence-electron chi connectivity index (χ2n) is 4.96. The van der Waals surface area contributed by atoms with Gasteiger partial charge in [-0.15, -0.1) is 0 Å². The first kappa shape index (κ1) is 12.9. The average molecular weight is 244 g/mol. The second-order valence-corrected chi connectivity index (χ2v) is 4.96. The zero-order valence-corrected chi connectivity index (χ0v) is 10.9. The number of hydrogen-bond donors (Lipinski definition) is 1.